The van der Waals surface area contributed by atoms with Crippen LogP contribution < -0.4 is 16.4 Å². The van der Waals surface area contributed by atoms with E-state index in [1.165, 1.54) is 4.90 Å². The molecule has 1 saturated heterocycles. The van der Waals surface area contributed by atoms with Gasteiger partial charge in [-0.05, 0) is 42.7 Å². The van der Waals surface area contributed by atoms with Crippen LogP contribution in [0.5, 0.6) is 0 Å². The zero-order valence-electron chi connectivity index (χ0n) is 16.3. The Labute approximate surface area is 169 Å². The zero-order chi connectivity index (χ0) is 21.0. The van der Waals surface area contributed by atoms with Crippen LogP contribution in [-0.2, 0) is 14.4 Å². The molecule has 8 heteroatoms. The standard InChI is InChI=1S/C21H26N4O4/c1-13(19(27)24-16-9-8-14-5-2-3-6-15(14)11-16)23-20(28)18-7-4-10-25(18)21(29)17(22)12-26/h2-3,5-6,8-9,11,13,17-18,26H,4,7,10,12,22H2,1H3,(H,23,28)(H,24,27)/t13-,17-,18-/m0/s1. The Morgan fingerprint density at radius 2 is 1.93 bits per heavy atom. The molecular formula is C21H26N4O4. The number of nitrogens with zero attached hydrogens (tertiary/aromatic N) is 1. The summed E-state index contributed by atoms with van der Waals surface area (Å²) in [6.45, 7) is 1.52. The van der Waals surface area contributed by atoms with Crippen molar-refractivity contribution in [2.24, 2.45) is 5.73 Å². The molecule has 1 heterocycles. The number of carbonyl (C=O) groups is 3. The molecular weight excluding hydrogens is 372 g/mol. The number of carbonyl (C=O) groups excluding carboxylic acids is 3. The highest BCUT2D eigenvalue weighted by Gasteiger charge is 2.36. The Hall–Kier alpha value is -2.97. The molecule has 0 radical (unpaired) electrons. The maximum Gasteiger partial charge on any atom is 0.246 e. The van der Waals surface area contributed by atoms with E-state index in [9.17, 15) is 14.4 Å². The van der Waals surface area contributed by atoms with Crippen LogP contribution in [0.1, 0.15) is 19.8 Å². The van der Waals surface area contributed by atoms with Crippen molar-refractivity contribution in [2.45, 2.75) is 37.9 Å². The van der Waals surface area contributed by atoms with Crippen LogP contribution in [-0.4, -0.2) is 59.0 Å². The van der Waals surface area contributed by atoms with Gasteiger partial charge in [-0.3, -0.25) is 14.4 Å². The van der Waals surface area contributed by atoms with E-state index in [-0.39, 0.29) is 5.91 Å². The van der Waals surface area contributed by atoms with Crippen LogP contribution >= 0.6 is 0 Å². The number of nitrogens with one attached hydrogen (secondary N) is 2. The second kappa shape index (κ2) is 9.02. The summed E-state index contributed by atoms with van der Waals surface area (Å²) in [5.74, 6) is -1.21. The number of aliphatic hydroxyl groups is 1. The summed E-state index contributed by atoms with van der Waals surface area (Å²) in [7, 11) is 0. The third kappa shape index (κ3) is 4.72. The first-order valence-corrected chi connectivity index (χ1v) is 9.67. The first kappa shape index (κ1) is 20.8. The van der Waals surface area contributed by atoms with E-state index in [1.807, 2.05) is 42.5 Å². The van der Waals surface area contributed by atoms with Crippen LogP contribution in [0.15, 0.2) is 42.5 Å². The maximum atomic E-state index is 12.6. The summed E-state index contributed by atoms with van der Waals surface area (Å²) in [4.78, 5) is 38.8. The first-order chi connectivity index (χ1) is 13.9. The van der Waals surface area contributed by atoms with Crippen molar-refractivity contribution in [3.05, 3.63) is 42.5 Å². The smallest absolute Gasteiger partial charge is 0.246 e. The Kier molecular flexibility index (Phi) is 6.46. The Morgan fingerprint density at radius 3 is 2.66 bits per heavy atom. The molecule has 1 aliphatic heterocycles. The Balaban J connectivity index is 1.60. The van der Waals surface area contributed by atoms with Crippen molar-refractivity contribution in [2.75, 3.05) is 18.5 Å². The second-order valence-electron chi connectivity index (χ2n) is 7.26. The van der Waals surface area contributed by atoms with E-state index < -0.39 is 36.5 Å². The number of benzene rings is 2. The van der Waals surface area contributed by atoms with Crippen LogP contribution in [0.3, 0.4) is 0 Å². The van der Waals surface area contributed by atoms with Gasteiger partial charge in [0.25, 0.3) is 0 Å². The summed E-state index contributed by atoms with van der Waals surface area (Å²) in [5.41, 5.74) is 6.24. The average Bonchev–Trinajstić information content (AvgIpc) is 3.22. The van der Waals surface area contributed by atoms with Gasteiger partial charge in [0.1, 0.15) is 18.1 Å². The van der Waals surface area contributed by atoms with Gasteiger partial charge in [0.05, 0.1) is 6.61 Å². The molecule has 8 nitrogen and oxygen atoms in total. The number of likely N-dealkylation sites (tertiary alicyclic amines) is 1. The highest BCUT2D eigenvalue weighted by atomic mass is 16.3. The van der Waals surface area contributed by atoms with Crippen molar-refractivity contribution < 1.29 is 19.5 Å². The lowest BCUT2D eigenvalue weighted by molar-refractivity contribution is -0.140. The predicted molar refractivity (Wildman–Crippen MR) is 110 cm³/mol. The molecule has 0 saturated carbocycles. The number of nitrogens with two attached hydrogens (primary N) is 1. The van der Waals surface area contributed by atoms with Gasteiger partial charge in [0.15, 0.2) is 0 Å². The predicted octanol–water partition coefficient (Wildman–Crippen LogP) is 0.594. The lowest BCUT2D eigenvalue weighted by Gasteiger charge is -2.27. The molecule has 5 N–H and O–H groups in total. The van der Waals surface area contributed by atoms with Gasteiger partial charge in [0, 0.05) is 12.2 Å². The second-order valence-corrected chi connectivity index (χ2v) is 7.26. The van der Waals surface area contributed by atoms with E-state index in [1.54, 1.807) is 6.92 Å². The monoisotopic (exact) mass is 398 g/mol. The topological polar surface area (TPSA) is 125 Å². The number of amides is 3. The van der Waals surface area contributed by atoms with Gasteiger partial charge in [-0.25, -0.2) is 0 Å². The van der Waals surface area contributed by atoms with Gasteiger partial charge in [-0.1, -0.05) is 30.3 Å². The Morgan fingerprint density at radius 1 is 1.21 bits per heavy atom. The van der Waals surface area contributed by atoms with Crippen molar-refractivity contribution in [1.29, 1.82) is 0 Å². The molecule has 0 aromatic heterocycles. The molecule has 0 aliphatic carbocycles. The van der Waals surface area contributed by atoms with Gasteiger partial charge < -0.3 is 26.4 Å². The van der Waals surface area contributed by atoms with Crippen molar-refractivity contribution in [3.8, 4) is 0 Å². The molecule has 0 unspecified atom stereocenters. The lowest BCUT2D eigenvalue weighted by atomic mass is 10.1. The van der Waals surface area contributed by atoms with Gasteiger partial charge >= 0.3 is 0 Å². The minimum absolute atomic E-state index is 0.350. The van der Waals surface area contributed by atoms with Crippen molar-refractivity contribution >= 4 is 34.2 Å². The van der Waals surface area contributed by atoms with E-state index in [0.29, 0.717) is 25.1 Å². The van der Waals surface area contributed by atoms with Gasteiger partial charge in [-0.2, -0.15) is 0 Å². The number of rotatable bonds is 6. The number of aliphatic hydroxyl groups excluding tert-OH is 1. The van der Waals surface area contributed by atoms with E-state index >= 15 is 0 Å². The number of hydrogen-bond donors (Lipinski definition) is 4. The molecule has 29 heavy (non-hydrogen) atoms. The van der Waals surface area contributed by atoms with E-state index in [2.05, 4.69) is 10.6 Å². The summed E-state index contributed by atoms with van der Waals surface area (Å²) < 4.78 is 0. The molecule has 2 aromatic carbocycles. The van der Waals surface area contributed by atoms with Gasteiger partial charge in [-0.15, -0.1) is 0 Å². The largest absolute Gasteiger partial charge is 0.394 e. The van der Waals surface area contributed by atoms with Crippen LogP contribution in [0.4, 0.5) is 5.69 Å². The molecule has 3 rings (SSSR count). The maximum absolute atomic E-state index is 12.6. The fraction of sp³-hybridized carbons (Fsp3) is 0.381. The van der Waals surface area contributed by atoms with Crippen molar-refractivity contribution in [3.63, 3.8) is 0 Å². The quantitative estimate of drug-likeness (QED) is 0.567. The third-order valence-electron chi connectivity index (χ3n) is 5.12. The van der Waals surface area contributed by atoms with Crippen LogP contribution in [0.25, 0.3) is 10.8 Å². The molecule has 154 valence electrons. The number of fused-ring (bicyclic) bond motifs is 1. The highest BCUT2D eigenvalue weighted by Crippen LogP contribution is 2.20. The lowest BCUT2D eigenvalue weighted by Crippen LogP contribution is -2.54. The molecule has 1 fully saturated rings. The normalized spacial score (nSPS) is 18.3. The Bertz CT molecular complexity index is 916. The SMILES string of the molecule is C[C@H](NC(=O)[C@@H]1CCCN1C(=O)[C@@H](N)CO)C(=O)Nc1ccc2ccccc2c1. The number of hydrogen-bond acceptors (Lipinski definition) is 5. The zero-order valence-corrected chi connectivity index (χ0v) is 16.3. The summed E-state index contributed by atoms with van der Waals surface area (Å²) in [6.07, 6.45) is 1.16. The molecule has 0 spiro atoms. The highest BCUT2D eigenvalue weighted by molar-refractivity contribution is 5.99. The fourth-order valence-electron chi connectivity index (χ4n) is 3.49. The molecule has 1 aliphatic rings. The van der Waals surface area contributed by atoms with E-state index in [4.69, 9.17) is 10.8 Å². The average molecular weight is 398 g/mol. The minimum Gasteiger partial charge on any atom is -0.394 e. The van der Waals surface area contributed by atoms with Crippen LogP contribution in [0.2, 0.25) is 0 Å². The van der Waals surface area contributed by atoms with Crippen LogP contribution in [0, 0.1) is 0 Å². The molecule has 3 amide bonds. The third-order valence-corrected chi connectivity index (χ3v) is 5.12. The summed E-state index contributed by atoms with van der Waals surface area (Å²) in [6, 6.07) is 10.9. The minimum atomic E-state index is -1.04. The fourth-order valence-corrected chi connectivity index (χ4v) is 3.49. The summed E-state index contributed by atoms with van der Waals surface area (Å²) in [5, 5.41) is 16.6. The molecule has 0 bridgehead atoms. The summed E-state index contributed by atoms with van der Waals surface area (Å²) >= 11 is 0. The van der Waals surface area contributed by atoms with E-state index in [0.717, 1.165) is 10.8 Å². The number of anilines is 1. The van der Waals surface area contributed by atoms with Crippen molar-refractivity contribution in [1.82, 2.24) is 10.2 Å². The van der Waals surface area contributed by atoms with Gasteiger partial charge in [0.2, 0.25) is 17.7 Å². The molecule has 3 atom stereocenters. The molecule has 2 aromatic rings. The first-order valence-electron chi connectivity index (χ1n) is 9.67.